The van der Waals surface area contributed by atoms with Crippen molar-refractivity contribution < 1.29 is 13.5 Å². The molecule has 0 radical (unpaired) electrons. The summed E-state index contributed by atoms with van der Waals surface area (Å²) in [6, 6.07) is 12.7. The summed E-state index contributed by atoms with van der Waals surface area (Å²) in [6.45, 7) is 2.30. The van der Waals surface area contributed by atoms with E-state index in [1.807, 2.05) is 44.3 Å². The standard InChI is InChI=1S/C20H23BrN2O3S/c1-13-5-3-4-6-19(13)27(25,26)23-10-9-15-18(12-24)22(2)17-8-7-14(21)11-16(17)20(15)23/h3-8,11,15,18,20,24H,9-10,12H2,1-2H3/t15-,18+,20-/m1/s1. The van der Waals surface area contributed by atoms with Gasteiger partial charge in [-0.1, -0.05) is 34.1 Å². The van der Waals surface area contributed by atoms with Crippen LogP contribution >= 0.6 is 15.9 Å². The number of benzene rings is 2. The Morgan fingerprint density at radius 1 is 1.22 bits per heavy atom. The zero-order chi connectivity index (χ0) is 19.3. The monoisotopic (exact) mass is 450 g/mol. The number of hydrogen-bond donors (Lipinski definition) is 1. The predicted octanol–water partition coefficient (Wildman–Crippen LogP) is 3.32. The first-order chi connectivity index (χ1) is 12.9. The highest BCUT2D eigenvalue weighted by molar-refractivity contribution is 9.10. The molecule has 0 spiro atoms. The fourth-order valence-corrected chi connectivity index (χ4v) is 6.90. The highest BCUT2D eigenvalue weighted by atomic mass is 79.9. The Hall–Kier alpha value is -1.41. The first-order valence-electron chi connectivity index (χ1n) is 9.07. The van der Waals surface area contributed by atoms with Crippen molar-refractivity contribution in [3.8, 4) is 0 Å². The summed E-state index contributed by atoms with van der Waals surface area (Å²) in [5.41, 5.74) is 2.73. The van der Waals surface area contributed by atoms with Crippen LogP contribution in [0.2, 0.25) is 0 Å². The Morgan fingerprint density at radius 3 is 2.67 bits per heavy atom. The van der Waals surface area contributed by atoms with Crippen molar-refractivity contribution in [3.63, 3.8) is 0 Å². The minimum atomic E-state index is -3.63. The van der Waals surface area contributed by atoms with E-state index in [2.05, 4.69) is 20.8 Å². The molecule has 1 fully saturated rings. The number of aliphatic hydroxyl groups is 1. The van der Waals surface area contributed by atoms with Crippen molar-refractivity contribution in [3.05, 3.63) is 58.1 Å². The summed E-state index contributed by atoms with van der Waals surface area (Å²) in [4.78, 5) is 2.45. The van der Waals surface area contributed by atoms with Crippen LogP contribution in [0, 0.1) is 12.8 Å². The predicted molar refractivity (Wildman–Crippen MR) is 109 cm³/mol. The van der Waals surface area contributed by atoms with Crippen LogP contribution in [0.5, 0.6) is 0 Å². The van der Waals surface area contributed by atoms with Gasteiger partial charge in [-0.2, -0.15) is 4.31 Å². The van der Waals surface area contributed by atoms with Crippen LogP contribution in [0.3, 0.4) is 0 Å². The van der Waals surface area contributed by atoms with Gasteiger partial charge in [0.25, 0.3) is 0 Å². The molecule has 0 bridgehead atoms. The lowest BCUT2D eigenvalue weighted by atomic mass is 9.82. The van der Waals surface area contributed by atoms with Gasteiger partial charge in [0.15, 0.2) is 0 Å². The number of anilines is 1. The van der Waals surface area contributed by atoms with Crippen LogP contribution in [0.15, 0.2) is 51.8 Å². The first-order valence-corrected chi connectivity index (χ1v) is 11.3. The topological polar surface area (TPSA) is 60.9 Å². The number of rotatable bonds is 3. The van der Waals surface area contributed by atoms with Crippen molar-refractivity contribution in [1.29, 1.82) is 0 Å². The number of nitrogens with zero attached hydrogens (tertiary/aromatic N) is 2. The van der Waals surface area contributed by atoms with E-state index in [1.54, 1.807) is 16.4 Å². The van der Waals surface area contributed by atoms with Gasteiger partial charge in [-0.25, -0.2) is 8.42 Å². The molecular weight excluding hydrogens is 428 g/mol. The van der Waals surface area contributed by atoms with Crippen molar-refractivity contribution in [2.75, 3.05) is 25.1 Å². The van der Waals surface area contributed by atoms with Crippen molar-refractivity contribution in [2.45, 2.75) is 30.3 Å². The van der Waals surface area contributed by atoms with Gasteiger partial charge in [-0.15, -0.1) is 0 Å². The zero-order valence-electron chi connectivity index (χ0n) is 15.3. The minimum Gasteiger partial charge on any atom is -0.394 e. The molecule has 5 nitrogen and oxygen atoms in total. The van der Waals surface area contributed by atoms with Crippen LogP contribution in [-0.2, 0) is 10.0 Å². The number of fused-ring (bicyclic) bond motifs is 3. The number of hydrogen-bond acceptors (Lipinski definition) is 4. The van der Waals surface area contributed by atoms with Gasteiger partial charge in [0.1, 0.15) is 0 Å². The second kappa shape index (κ2) is 6.88. The molecular formula is C20H23BrN2O3S. The van der Waals surface area contributed by atoms with E-state index < -0.39 is 10.0 Å². The fraction of sp³-hybridized carbons (Fsp3) is 0.400. The van der Waals surface area contributed by atoms with Gasteiger partial charge in [0.2, 0.25) is 10.0 Å². The average molecular weight is 451 g/mol. The Balaban J connectivity index is 1.87. The Kier molecular flexibility index (Phi) is 4.83. The Bertz CT molecular complexity index is 979. The maximum atomic E-state index is 13.5. The summed E-state index contributed by atoms with van der Waals surface area (Å²) in [5.74, 6) is 0.0561. The molecule has 0 amide bonds. The second-order valence-corrected chi connectivity index (χ2v) is 10.1. The maximum Gasteiger partial charge on any atom is 0.243 e. The number of sulfonamides is 1. The van der Waals surface area contributed by atoms with E-state index in [1.165, 1.54) is 0 Å². The van der Waals surface area contributed by atoms with E-state index in [0.717, 1.165) is 27.7 Å². The first kappa shape index (κ1) is 18.9. The summed E-state index contributed by atoms with van der Waals surface area (Å²) in [7, 11) is -1.65. The molecule has 2 heterocycles. The van der Waals surface area contributed by atoms with Crippen LogP contribution in [0.25, 0.3) is 0 Å². The molecule has 0 saturated carbocycles. The van der Waals surface area contributed by atoms with Gasteiger partial charge < -0.3 is 10.0 Å². The molecule has 2 aliphatic rings. The molecule has 0 aromatic heterocycles. The van der Waals surface area contributed by atoms with E-state index in [-0.39, 0.29) is 24.6 Å². The van der Waals surface area contributed by atoms with E-state index in [9.17, 15) is 13.5 Å². The molecule has 3 atom stereocenters. The van der Waals surface area contributed by atoms with Crippen LogP contribution in [-0.4, -0.2) is 44.1 Å². The molecule has 27 heavy (non-hydrogen) atoms. The second-order valence-electron chi connectivity index (χ2n) is 7.34. The lowest BCUT2D eigenvalue weighted by Gasteiger charge is -2.44. The van der Waals surface area contributed by atoms with Gasteiger partial charge in [-0.05, 0) is 48.7 Å². The molecule has 0 aliphatic carbocycles. The molecule has 144 valence electrons. The highest BCUT2D eigenvalue weighted by Crippen LogP contribution is 2.50. The molecule has 7 heteroatoms. The molecule has 1 N–H and O–H groups in total. The SMILES string of the molecule is Cc1ccccc1S(=O)(=O)N1CC[C@@H]2[C@H](CO)N(C)c3ccc(Br)cc3[C@@H]21. The number of aliphatic hydroxyl groups excluding tert-OH is 1. The summed E-state index contributed by atoms with van der Waals surface area (Å²) < 4.78 is 29.6. The highest BCUT2D eigenvalue weighted by Gasteiger charge is 2.50. The zero-order valence-corrected chi connectivity index (χ0v) is 17.7. The van der Waals surface area contributed by atoms with Gasteiger partial charge in [-0.3, -0.25) is 0 Å². The third-order valence-corrected chi connectivity index (χ3v) is 8.48. The average Bonchev–Trinajstić information content (AvgIpc) is 3.08. The van der Waals surface area contributed by atoms with E-state index in [0.29, 0.717) is 11.4 Å². The molecule has 2 aliphatic heterocycles. The smallest absolute Gasteiger partial charge is 0.243 e. The fourth-order valence-electron chi connectivity index (χ4n) is 4.62. The Labute approximate surface area is 168 Å². The lowest BCUT2D eigenvalue weighted by Crippen LogP contribution is -2.48. The maximum absolute atomic E-state index is 13.5. The Morgan fingerprint density at radius 2 is 1.96 bits per heavy atom. The molecule has 1 saturated heterocycles. The summed E-state index contributed by atoms with van der Waals surface area (Å²) in [6.07, 6.45) is 0.733. The molecule has 4 rings (SSSR count). The third kappa shape index (κ3) is 2.92. The van der Waals surface area contributed by atoms with Crippen molar-refractivity contribution in [2.24, 2.45) is 5.92 Å². The number of aryl methyl sites for hydroxylation is 1. The summed E-state index contributed by atoms with van der Waals surface area (Å²) >= 11 is 3.53. The van der Waals surface area contributed by atoms with Crippen molar-refractivity contribution >= 4 is 31.6 Å². The third-order valence-electron chi connectivity index (χ3n) is 5.95. The van der Waals surface area contributed by atoms with Gasteiger partial charge in [0.05, 0.1) is 23.6 Å². The summed E-state index contributed by atoms with van der Waals surface area (Å²) in [5, 5.41) is 10.0. The van der Waals surface area contributed by atoms with Crippen molar-refractivity contribution in [1.82, 2.24) is 4.31 Å². The number of likely N-dealkylation sites (N-methyl/N-ethyl adjacent to an activating group) is 1. The largest absolute Gasteiger partial charge is 0.394 e. The molecule has 2 aromatic carbocycles. The molecule has 0 unspecified atom stereocenters. The van der Waals surface area contributed by atoms with E-state index >= 15 is 0 Å². The van der Waals surface area contributed by atoms with Gasteiger partial charge in [0, 0.05) is 29.7 Å². The van der Waals surface area contributed by atoms with Gasteiger partial charge >= 0.3 is 0 Å². The number of halogens is 1. The lowest BCUT2D eigenvalue weighted by molar-refractivity contribution is 0.193. The molecule has 2 aromatic rings. The van der Waals surface area contributed by atoms with Crippen LogP contribution in [0.1, 0.15) is 23.6 Å². The quantitative estimate of drug-likeness (QED) is 0.778. The normalized spacial score (nSPS) is 25.3. The minimum absolute atomic E-state index is 0.00538. The van der Waals surface area contributed by atoms with Crippen LogP contribution in [0.4, 0.5) is 5.69 Å². The van der Waals surface area contributed by atoms with E-state index in [4.69, 9.17) is 0 Å². The van der Waals surface area contributed by atoms with Crippen LogP contribution < -0.4 is 4.90 Å².